The zero-order chi connectivity index (χ0) is 5.70. The number of ether oxygens (including phenoxy) is 1. The van der Waals surface area contributed by atoms with E-state index in [0.29, 0.717) is 0 Å². The summed E-state index contributed by atoms with van der Waals surface area (Å²) in [6.07, 6.45) is 0.751. The van der Waals surface area contributed by atoms with Crippen LogP contribution in [0, 0.1) is 5.41 Å². The van der Waals surface area contributed by atoms with Crippen LogP contribution in [0.25, 0.3) is 0 Å². The number of nitrogens with one attached hydrogen (secondary N) is 1. The second-order valence-electron chi connectivity index (χ2n) is 1.13. The van der Waals surface area contributed by atoms with Crippen molar-refractivity contribution in [2.75, 3.05) is 6.61 Å². The van der Waals surface area contributed by atoms with Gasteiger partial charge in [0.2, 0.25) is 0 Å². The van der Waals surface area contributed by atoms with Crippen molar-refractivity contribution in [3.8, 4) is 0 Å². The first-order valence-electron chi connectivity index (χ1n) is 1.87. The first-order valence-corrected chi connectivity index (χ1v) is 1.87. The molecule has 0 saturated heterocycles. The molecule has 0 bridgehead atoms. The molecule has 0 heterocycles. The molecule has 0 atom stereocenters. The highest BCUT2D eigenvalue weighted by atomic mass is 16.5. The summed E-state index contributed by atoms with van der Waals surface area (Å²) in [7, 11) is 0. The highest BCUT2D eigenvalue weighted by molar-refractivity contribution is 5.77. The SMILES string of the molecule is CC(=O)COC=N. The van der Waals surface area contributed by atoms with Crippen LogP contribution in [0.5, 0.6) is 0 Å². The van der Waals surface area contributed by atoms with Crippen LogP contribution < -0.4 is 0 Å². The molecule has 40 valence electrons. The number of carbonyl (C=O) groups excluding carboxylic acids is 1. The maximum absolute atomic E-state index is 9.97. The van der Waals surface area contributed by atoms with Crippen LogP contribution in [-0.4, -0.2) is 18.8 Å². The van der Waals surface area contributed by atoms with Crippen molar-refractivity contribution in [1.82, 2.24) is 0 Å². The van der Waals surface area contributed by atoms with E-state index >= 15 is 0 Å². The predicted octanol–water partition coefficient (Wildman–Crippen LogP) is 0.199. The molecule has 0 spiro atoms. The molecule has 0 unspecified atom stereocenters. The third kappa shape index (κ3) is 5.14. The van der Waals surface area contributed by atoms with E-state index in [2.05, 4.69) is 4.74 Å². The van der Waals surface area contributed by atoms with E-state index in [0.717, 1.165) is 6.40 Å². The number of hydrogen-bond acceptors (Lipinski definition) is 3. The smallest absolute Gasteiger partial charge is 0.167 e. The van der Waals surface area contributed by atoms with Gasteiger partial charge in [0, 0.05) is 0 Å². The number of Topliss-reactive ketones (excluding diaryl/α,β-unsaturated/α-hetero) is 1. The lowest BCUT2D eigenvalue weighted by Crippen LogP contribution is -2.00. The van der Waals surface area contributed by atoms with E-state index < -0.39 is 0 Å². The highest BCUT2D eigenvalue weighted by Crippen LogP contribution is 1.67. The molecular formula is C4H7NO2. The van der Waals surface area contributed by atoms with Crippen LogP contribution in [-0.2, 0) is 9.53 Å². The van der Waals surface area contributed by atoms with Gasteiger partial charge in [-0.2, -0.15) is 0 Å². The van der Waals surface area contributed by atoms with Gasteiger partial charge in [0.1, 0.15) is 6.61 Å². The fraction of sp³-hybridized carbons (Fsp3) is 0.500. The average Bonchev–Trinajstić information content (AvgIpc) is 1.61. The van der Waals surface area contributed by atoms with Gasteiger partial charge in [-0.3, -0.25) is 10.2 Å². The molecule has 0 aromatic carbocycles. The summed E-state index contributed by atoms with van der Waals surface area (Å²) in [5.41, 5.74) is 0. The zero-order valence-electron chi connectivity index (χ0n) is 4.10. The number of carbonyl (C=O) groups is 1. The quantitative estimate of drug-likeness (QED) is 0.407. The molecule has 7 heavy (non-hydrogen) atoms. The van der Waals surface area contributed by atoms with Crippen molar-refractivity contribution in [2.45, 2.75) is 6.92 Å². The van der Waals surface area contributed by atoms with Crippen LogP contribution >= 0.6 is 0 Å². The molecule has 0 fully saturated rings. The summed E-state index contributed by atoms with van der Waals surface area (Å²) in [5, 5.41) is 6.30. The molecule has 0 aliphatic heterocycles. The van der Waals surface area contributed by atoms with Crippen molar-refractivity contribution in [3.05, 3.63) is 0 Å². The van der Waals surface area contributed by atoms with E-state index in [-0.39, 0.29) is 12.4 Å². The Labute approximate surface area is 41.8 Å². The van der Waals surface area contributed by atoms with E-state index in [1.54, 1.807) is 0 Å². The van der Waals surface area contributed by atoms with E-state index in [4.69, 9.17) is 5.41 Å². The monoisotopic (exact) mass is 101 g/mol. The van der Waals surface area contributed by atoms with Crippen LogP contribution in [0.2, 0.25) is 0 Å². The van der Waals surface area contributed by atoms with Crippen molar-refractivity contribution < 1.29 is 9.53 Å². The van der Waals surface area contributed by atoms with Crippen LogP contribution in [0.1, 0.15) is 6.92 Å². The molecule has 1 N–H and O–H groups in total. The lowest BCUT2D eigenvalue weighted by Gasteiger charge is -1.88. The van der Waals surface area contributed by atoms with Gasteiger partial charge in [-0.15, -0.1) is 0 Å². The Kier molecular flexibility index (Phi) is 2.92. The Morgan fingerprint density at radius 1 is 2.00 bits per heavy atom. The van der Waals surface area contributed by atoms with Gasteiger partial charge >= 0.3 is 0 Å². The Morgan fingerprint density at radius 2 is 2.57 bits per heavy atom. The molecule has 0 saturated carbocycles. The van der Waals surface area contributed by atoms with E-state index in [1.807, 2.05) is 0 Å². The van der Waals surface area contributed by atoms with E-state index in [1.165, 1.54) is 6.92 Å². The molecule has 3 nitrogen and oxygen atoms in total. The lowest BCUT2D eigenvalue weighted by atomic mass is 10.5. The maximum Gasteiger partial charge on any atom is 0.167 e. The fourth-order valence-electron chi connectivity index (χ4n) is 0.159. The van der Waals surface area contributed by atoms with Crippen LogP contribution in [0.4, 0.5) is 0 Å². The summed E-state index contributed by atoms with van der Waals surface area (Å²) in [5.74, 6) is -0.0662. The Morgan fingerprint density at radius 3 is 2.71 bits per heavy atom. The molecule has 0 aromatic heterocycles. The number of hydrogen-bond donors (Lipinski definition) is 1. The van der Waals surface area contributed by atoms with Crippen molar-refractivity contribution in [1.29, 1.82) is 5.41 Å². The Bertz CT molecular complexity index is 79.8. The second-order valence-corrected chi connectivity index (χ2v) is 1.13. The largest absolute Gasteiger partial charge is 0.476 e. The van der Waals surface area contributed by atoms with Crippen molar-refractivity contribution in [2.24, 2.45) is 0 Å². The molecule has 3 heteroatoms. The minimum absolute atomic E-state index is 0.0174. The van der Waals surface area contributed by atoms with Crippen LogP contribution in [0.15, 0.2) is 0 Å². The highest BCUT2D eigenvalue weighted by Gasteiger charge is 1.85. The van der Waals surface area contributed by atoms with Gasteiger partial charge in [0.05, 0.1) is 0 Å². The first kappa shape index (κ1) is 6.14. The summed E-state index contributed by atoms with van der Waals surface area (Å²) < 4.78 is 4.29. The zero-order valence-corrected chi connectivity index (χ0v) is 4.10. The third-order valence-corrected chi connectivity index (χ3v) is 0.370. The molecule has 0 aliphatic rings. The minimum atomic E-state index is -0.0662. The van der Waals surface area contributed by atoms with Gasteiger partial charge in [-0.25, -0.2) is 0 Å². The van der Waals surface area contributed by atoms with Crippen molar-refractivity contribution in [3.63, 3.8) is 0 Å². The molecule has 0 amide bonds. The Hall–Kier alpha value is -0.860. The average molecular weight is 101 g/mol. The summed E-state index contributed by atoms with van der Waals surface area (Å²) >= 11 is 0. The molecule has 0 aromatic rings. The van der Waals surface area contributed by atoms with Gasteiger partial charge in [-0.1, -0.05) is 0 Å². The van der Waals surface area contributed by atoms with Crippen molar-refractivity contribution >= 4 is 12.2 Å². The lowest BCUT2D eigenvalue weighted by molar-refractivity contribution is -0.119. The minimum Gasteiger partial charge on any atom is -0.476 e. The maximum atomic E-state index is 9.97. The molecule has 0 rings (SSSR count). The molecule has 0 aliphatic carbocycles. The summed E-state index contributed by atoms with van der Waals surface area (Å²) in [6.45, 7) is 1.42. The molecule has 0 radical (unpaired) electrons. The first-order chi connectivity index (χ1) is 3.27. The van der Waals surface area contributed by atoms with Gasteiger partial charge < -0.3 is 4.74 Å². The standard InChI is InChI=1S/C4H7NO2/c1-4(6)2-7-3-5/h3,5H,2H2,1H3. The summed E-state index contributed by atoms with van der Waals surface area (Å²) in [4.78, 5) is 9.97. The van der Waals surface area contributed by atoms with E-state index in [9.17, 15) is 4.79 Å². The van der Waals surface area contributed by atoms with Gasteiger partial charge in [-0.05, 0) is 6.92 Å². The normalized spacial score (nSPS) is 7.57. The predicted molar refractivity (Wildman–Crippen MR) is 25.4 cm³/mol. The number of rotatable bonds is 3. The molecular weight excluding hydrogens is 94.0 g/mol. The third-order valence-electron chi connectivity index (χ3n) is 0.370. The van der Waals surface area contributed by atoms with Gasteiger partial charge in [0.25, 0.3) is 0 Å². The van der Waals surface area contributed by atoms with Gasteiger partial charge in [0.15, 0.2) is 12.2 Å². The second kappa shape index (κ2) is 3.33. The summed E-state index contributed by atoms with van der Waals surface area (Å²) in [6, 6.07) is 0. The Balaban J connectivity index is 2.97. The fourth-order valence-corrected chi connectivity index (χ4v) is 0.159. The topological polar surface area (TPSA) is 50.2 Å². The van der Waals surface area contributed by atoms with Crippen LogP contribution in [0.3, 0.4) is 0 Å². The number of ketones is 1.